The molecule has 0 fully saturated rings. The van der Waals surface area contributed by atoms with Crippen LogP contribution in [0.4, 0.5) is 0 Å². The second-order valence-electron chi connectivity index (χ2n) is 5.35. The van der Waals surface area contributed by atoms with Crippen molar-refractivity contribution in [1.29, 1.82) is 0 Å². The normalized spacial score (nSPS) is 12.2. The lowest BCUT2D eigenvalue weighted by molar-refractivity contribution is 0.0943. The van der Waals surface area contributed by atoms with Gasteiger partial charge < -0.3 is 18.7 Å². The van der Waals surface area contributed by atoms with Gasteiger partial charge in [-0.3, -0.25) is 4.79 Å². The molecule has 0 aliphatic rings. The van der Waals surface area contributed by atoms with Gasteiger partial charge >= 0.3 is 0 Å². The summed E-state index contributed by atoms with van der Waals surface area (Å²) in [6, 6.07) is 12.8. The highest BCUT2D eigenvalue weighted by Crippen LogP contribution is 2.28. The van der Waals surface area contributed by atoms with Crippen LogP contribution >= 0.6 is 11.3 Å². The Labute approximate surface area is 147 Å². The number of nitrogens with zero attached hydrogens (tertiary/aromatic N) is 1. The number of hydrogen-bond acceptors (Lipinski definition) is 6. The van der Waals surface area contributed by atoms with E-state index in [0.717, 1.165) is 10.6 Å². The molecule has 1 atom stereocenters. The van der Waals surface area contributed by atoms with Crippen molar-refractivity contribution in [1.82, 2.24) is 10.5 Å². The average Bonchev–Trinajstić information content (AvgIpc) is 3.43. The SMILES string of the molecule is O=C(NC[C@H](c1ccco1)c1cccs1)c1cc(-c2ccco2)on1. The van der Waals surface area contributed by atoms with E-state index in [1.54, 1.807) is 35.8 Å². The van der Waals surface area contributed by atoms with Gasteiger partial charge in [0, 0.05) is 17.5 Å². The van der Waals surface area contributed by atoms with E-state index in [0.29, 0.717) is 18.1 Å². The van der Waals surface area contributed by atoms with Gasteiger partial charge in [-0.15, -0.1) is 11.3 Å². The van der Waals surface area contributed by atoms with Gasteiger partial charge in [0.2, 0.25) is 5.76 Å². The Bertz CT molecular complexity index is 890. The number of aromatic nitrogens is 1. The molecule has 4 rings (SSSR count). The van der Waals surface area contributed by atoms with Gasteiger partial charge in [0.15, 0.2) is 11.5 Å². The summed E-state index contributed by atoms with van der Waals surface area (Å²) in [4.78, 5) is 13.5. The van der Waals surface area contributed by atoms with Crippen molar-refractivity contribution in [2.45, 2.75) is 5.92 Å². The molecule has 25 heavy (non-hydrogen) atoms. The molecule has 0 aromatic carbocycles. The van der Waals surface area contributed by atoms with Crippen LogP contribution in [0.1, 0.15) is 27.0 Å². The lowest BCUT2D eigenvalue weighted by atomic mass is 10.0. The molecule has 1 N–H and O–H groups in total. The molecular formula is C18H14N2O4S. The monoisotopic (exact) mass is 354 g/mol. The zero-order valence-electron chi connectivity index (χ0n) is 13.0. The quantitative estimate of drug-likeness (QED) is 0.562. The minimum atomic E-state index is -0.310. The lowest BCUT2D eigenvalue weighted by Crippen LogP contribution is -2.28. The molecule has 4 heterocycles. The summed E-state index contributed by atoms with van der Waals surface area (Å²) in [6.07, 6.45) is 3.16. The van der Waals surface area contributed by atoms with Crippen LogP contribution in [-0.4, -0.2) is 17.6 Å². The fraction of sp³-hybridized carbons (Fsp3) is 0.111. The smallest absolute Gasteiger partial charge is 0.273 e. The molecule has 0 spiro atoms. The van der Waals surface area contributed by atoms with Crippen molar-refractivity contribution in [2.75, 3.05) is 6.54 Å². The lowest BCUT2D eigenvalue weighted by Gasteiger charge is -2.13. The summed E-state index contributed by atoms with van der Waals surface area (Å²) in [5.41, 5.74) is 0.204. The zero-order valence-corrected chi connectivity index (χ0v) is 13.9. The van der Waals surface area contributed by atoms with Crippen LogP contribution in [0.2, 0.25) is 0 Å². The third-order valence-corrected chi connectivity index (χ3v) is 4.73. The van der Waals surface area contributed by atoms with Gasteiger partial charge in [0.1, 0.15) is 5.76 Å². The highest BCUT2D eigenvalue weighted by Gasteiger charge is 2.21. The van der Waals surface area contributed by atoms with Crippen LogP contribution in [0.3, 0.4) is 0 Å². The topological polar surface area (TPSA) is 81.4 Å². The van der Waals surface area contributed by atoms with Gasteiger partial charge in [-0.2, -0.15) is 0 Å². The first-order valence-electron chi connectivity index (χ1n) is 7.67. The van der Waals surface area contributed by atoms with Crippen molar-refractivity contribution < 1.29 is 18.2 Å². The van der Waals surface area contributed by atoms with Crippen molar-refractivity contribution in [2.24, 2.45) is 0 Å². The van der Waals surface area contributed by atoms with E-state index in [1.165, 1.54) is 6.26 Å². The Balaban J connectivity index is 1.47. The molecule has 0 unspecified atom stereocenters. The molecule has 6 nitrogen and oxygen atoms in total. The number of furan rings is 2. The van der Waals surface area contributed by atoms with E-state index >= 15 is 0 Å². The first-order valence-corrected chi connectivity index (χ1v) is 8.55. The molecule has 0 bridgehead atoms. The number of carbonyl (C=O) groups excluding carboxylic acids is 1. The molecule has 4 aromatic heterocycles. The van der Waals surface area contributed by atoms with E-state index < -0.39 is 0 Å². The summed E-state index contributed by atoms with van der Waals surface area (Å²) in [5, 5.41) is 8.70. The van der Waals surface area contributed by atoms with Crippen molar-refractivity contribution >= 4 is 17.2 Å². The maximum atomic E-state index is 12.4. The molecule has 1 amide bonds. The summed E-state index contributed by atoms with van der Waals surface area (Å²) >= 11 is 1.62. The third-order valence-electron chi connectivity index (χ3n) is 3.75. The average molecular weight is 354 g/mol. The van der Waals surface area contributed by atoms with E-state index in [4.69, 9.17) is 13.4 Å². The predicted molar refractivity (Wildman–Crippen MR) is 91.4 cm³/mol. The van der Waals surface area contributed by atoms with Crippen LogP contribution in [0, 0.1) is 0 Å². The molecule has 0 saturated heterocycles. The molecule has 0 saturated carbocycles. The second-order valence-corrected chi connectivity index (χ2v) is 6.33. The standard InChI is InChI=1S/C18H14N2O4S/c21-18(13-10-16(24-20-13)15-5-2-8-23-15)19-11-12(14-4-1-7-22-14)17-6-3-9-25-17/h1-10,12H,11H2,(H,19,21)/t12-/m1/s1. The van der Waals surface area contributed by atoms with Gasteiger partial charge in [-0.05, 0) is 35.7 Å². The molecule has 0 aliphatic heterocycles. The number of amides is 1. The van der Waals surface area contributed by atoms with E-state index in [9.17, 15) is 4.79 Å². The summed E-state index contributed by atoms with van der Waals surface area (Å²) in [6.45, 7) is 0.399. The van der Waals surface area contributed by atoms with Gasteiger partial charge in [0.05, 0.1) is 18.4 Å². The van der Waals surface area contributed by atoms with E-state index in [-0.39, 0.29) is 17.5 Å². The van der Waals surface area contributed by atoms with E-state index in [1.807, 2.05) is 29.6 Å². The second kappa shape index (κ2) is 6.82. The summed E-state index contributed by atoms with van der Waals surface area (Å²) in [7, 11) is 0. The Morgan fingerprint density at radius 2 is 2.00 bits per heavy atom. The van der Waals surface area contributed by atoms with Gasteiger partial charge in [-0.25, -0.2) is 0 Å². The molecule has 0 radical (unpaired) electrons. The number of thiophene rings is 1. The minimum absolute atomic E-state index is 0.0459. The van der Waals surface area contributed by atoms with Crippen LogP contribution in [0.5, 0.6) is 0 Å². The van der Waals surface area contributed by atoms with Crippen LogP contribution < -0.4 is 5.32 Å². The number of nitrogens with one attached hydrogen (secondary N) is 1. The Morgan fingerprint density at radius 1 is 1.12 bits per heavy atom. The number of carbonyl (C=O) groups is 1. The maximum Gasteiger partial charge on any atom is 0.273 e. The Hall–Kier alpha value is -3.06. The van der Waals surface area contributed by atoms with E-state index in [2.05, 4.69) is 10.5 Å². The number of hydrogen-bond donors (Lipinski definition) is 1. The summed E-state index contributed by atoms with van der Waals surface area (Å²) in [5.74, 6) is 1.39. The Kier molecular flexibility index (Phi) is 4.22. The van der Waals surface area contributed by atoms with Gasteiger partial charge in [0.25, 0.3) is 5.91 Å². The fourth-order valence-corrected chi connectivity index (χ4v) is 3.36. The molecule has 7 heteroatoms. The number of rotatable bonds is 6. The molecule has 4 aromatic rings. The third kappa shape index (κ3) is 3.27. The maximum absolute atomic E-state index is 12.4. The largest absolute Gasteiger partial charge is 0.469 e. The van der Waals surface area contributed by atoms with Gasteiger partial charge in [-0.1, -0.05) is 11.2 Å². The van der Waals surface area contributed by atoms with Crippen molar-refractivity contribution in [3.05, 3.63) is 76.7 Å². The molecule has 0 aliphatic carbocycles. The van der Waals surface area contributed by atoms with Crippen molar-refractivity contribution in [3.8, 4) is 11.5 Å². The van der Waals surface area contributed by atoms with Crippen LogP contribution in [0.15, 0.2) is 73.7 Å². The Morgan fingerprint density at radius 3 is 2.72 bits per heavy atom. The highest BCUT2D eigenvalue weighted by atomic mass is 32.1. The highest BCUT2D eigenvalue weighted by molar-refractivity contribution is 7.10. The molecular weight excluding hydrogens is 340 g/mol. The first kappa shape index (κ1) is 15.5. The predicted octanol–water partition coefficient (Wildman–Crippen LogP) is 4.15. The van der Waals surface area contributed by atoms with Crippen molar-refractivity contribution in [3.63, 3.8) is 0 Å². The minimum Gasteiger partial charge on any atom is -0.469 e. The summed E-state index contributed by atoms with van der Waals surface area (Å²) < 4.78 is 15.9. The fourth-order valence-electron chi connectivity index (χ4n) is 2.52. The zero-order chi connectivity index (χ0) is 17.1. The van der Waals surface area contributed by atoms with Crippen LogP contribution in [0.25, 0.3) is 11.5 Å². The van der Waals surface area contributed by atoms with Crippen LogP contribution in [-0.2, 0) is 0 Å². The first-order chi connectivity index (χ1) is 12.3. The molecule has 126 valence electrons.